The van der Waals surface area contributed by atoms with Crippen LogP contribution in [0.4, 0.5) is 5.69 Å². The molecule has 4 rings (SSSR count). The van der Waals surface area contributed by atoms with E-state index in [-0.39, 0.29) is 0 Å². The minimum absolute atomic E-state index is 0.712. The Morgan fingerprint density at radius 1 is 1.00 bits per heavy atom. The number of pyridine rings is 1. The van der Waals surface area contributed by atoms with Crippen LogP contribution in [-0.4, -0.2) is 18.6 Å². The SMILES string of the molecule is COc1ccc2nc3cc(Cl)ccc3c(NCCCCCCC3CC3)c2c1. The molecular weight excluding hydrogens is 356 g/mol. The minimum Gasteiger partial charge on any atom is -0.497 e. The van der Waals surface area contributed by atoms with Crippen molar-refractivity contribution in [1.82, 2.24) is 4.98 Å². The Kier molecular flexibility index (Phi) is 5.68. The summed E-state index contributed by atoms with van der Waals surface area (Å²) in [5.74, 6) is 1.90. The van der Waals surface area contributed by atoms with Crippen LogP contribution in [0.25, 0.3) is 21.8 Å². The lowest BCUT2D eigenvalue weighted by Crippen LogP contribution is -2.04. The van der Waals surface area contributed by atoms with Gasteiger partial charge in [-0.15, -0.1) is 0 Å². The number of unbranched alkanes of at least 4 members (excludes halogenated alkanes) is 3. The Bertz CT molecular complexity index is 936. The molecule has 0 aliphatic heterocycles. The van der Waals surface area contributed by atoms with Gasteiger partial charge >= 0.3 is 0 Å². The van der Waals surface area contributed by atoms with Crippen molar-refractivity contribution in [2.75, 3.05) is 19.0 Å². The van der Waals surface area contributed by atoms with Crippen LogP contribution < -0.4 is 10.1 Å². The topological polar surface area (TPSA) is 34.1 Å². The molecule has 1 saturated carbocycles. The van der Waals surface area contributed by atoms with E-state index < -0.39 is 0 Å². The maximum absolute atomic E-state index is 6.19. The molecule has 1 aliphatic rings. The number of hydrogen-bond donors (Lipinski definition) is 1. The molecule has 27 heavy (non-hydrogen) atoms. The van der Waals surface area contributed by atoms with Gasteiger partial charge in [0.2, 0.25) is 0 Å². The summed E-state index contributed by atoms with van der Waals surface area (Å²) in [6.07, 6.45) is 9.59. The molecule has 0 radical (unpaired) electrons. The number of anilines is 1. The second-order valence-electron chi connectivity index (χ2n) is 7.60. The number of benzene rings is 2. The third-order valence-electron chi connectivity index (χ3n) is 5.48. The molecular formula is C23H27ClN2O. The Morgan fingerprint density at radius 3 is 2.67 bits per heavy atom. The quantitative estimate of drug-likeness (QED) is 0.325. The zero-order valence-electron chi connectivity index (χ0n) is 15.9. The van der Waals surface area contributed by atoms with Crippen molar-refractivity contribution in [1.29, 1.82) is 0 Å². The summed E-state index contributed by atoms with van der Waals surface area (Å²) in [4.78, 5) is 4.79. The lowest BCUT2D eigenvalue weighted by Gasteiger charge is -2.14. The summed E-state index contributed by atoms with van der Waals surface area (Å²) < 4.78 is 5.43. The summed E-state index contributed by atoms with van der Waals surface area (Å²) >= 11 is 6.19. The molecule has 1 aromatic heterocycles. The van der Waals surface area contributed by atoms with Crippen molar-refractivity contribution in [2.24, 2.45) is 5.92 Å². The van der Waals surface area contributed by atoms with Gasteiger partial charge < -0.3 is 10.1 Å². The number of nitrogens with zero attached hydrogens (tertiary/aromatic N) is 1. The first kappa shape index (κ1) is 18.4. The molecule has 142 valence electrons. The maximum atomic E-state index is 6.19. The zero-order valence-corrected chi connectivity index (χ0v) is 16.7. The van der Waals surface area contributed by atoms with E-state index >= 15 is 0 Å². The molecule has 1 N–H and O–H groups in total. The van der Waals surface area contributed by atoms with Crippen LogP contribution in [0.3, 0.4) is 0 Å². The second-order valence-corrected chi connectivity index (χ2v) is 8.04. The molecule has 3 nitrogen and oxygen atoms in total. The second kappa shape index (κ2) is 8.35. The highest BCUT2D eigenvalue weighted by Crippen LogP contribution is 2.35. The van der Waals surface area contributed by atoms with Crippen LogP contribution in [-0.2, 0) is 0 Å². The average Bonchev–Trinajstić information content (AvgIpc) is 3.50. The number of rotatable bonds is 9. The summed E-state index contributed by atoms with van der Waals surface area (Å²) in [5, 5.41) is 6.59. The average molecular weight is 383 g/mol. The van der Waals surface area contributed by atoms with Crippen molar-refractivity contribution in [3.8, 4) is 5.75 Å². The van der Waals surface area contributed by atoms with Gasteiger partial charge in [0.15, 0.2) is 0 Å². The number of aromatic nitrogens is 1. The smallest absolute Gasteiger partial charge is 0.119 e. The highest BCUT2D eigenvalue weighted by molar-refractivity contribution is 6.31. The molecule has 3 aromatic rings. The fraction of sp³-hybridized carbons (Fsp3) is 0.435. The number of hydrogen-bond acceptors (Lipinski definition) is 3. The molecule has 0 unspecified atom stereocenters. The predicted octanol–water partition coefficient (Wildman–Crippen LogP) is 6.82. The van der Waals surface area contributed by atoms with E-state index in [0.717, 1.165) is 45.7 Å². The van der Waals surface area contributed by atoms with E-state index in [1.165, 1.54) is 44.9 Å². The van der Waals surface area contributed by atoms with E-state index in [0.29, 0.717) is 5.02 Å². The fourth-order valence-corrected chi connectivity index (χ4v) is 3.91. The zero-order chi connectivity index (χ0) is 18.6. The van der Waals surface area contributed by atoms with Crippen LogP contribution in [0.15, 0.2) is 36.4 Å². The minimum atomic E-state index is 0.712. The summed E-state index contributed by atoms with van der Waals surface area (Å²) in [7, 11) is 1.70. The van der Waals surface area contributed by atoms with Gasteiger partial charge in [0, 0.05) is 22.3 Å². The first-order valence-corrected chi connectivity index (χ1v) is 10.4. The lowest BCUT2D eigenvalue weighted by molar-refractivity contribution is 0.415. The number of methoxy groups -OCH3 is 1. The van der Waals surface area contributed by atoms with E-state index in [2.05, 4.69) is 17.4 Å². The van der Waals surface area contributed by atoms with Gasteiger partial charge in [0.25, 0.3) is 0 Å². The molecule has 1 heterocycles. The third kappa shape index (κ3) is 4.47. The first-order chi connectivity index (χ1) is 13.2. The fourth-order valence-electron chi connectivity index (χ4n) is 3.75. The van der Waals surface area contributed by atoms with E-state index in [1.807, 2.05) is 24.3 Å². The van der Waals surface area contributed by atoms with Crippen molar-refractivity contribution in [2.45, 2.75) is 44.9 Å². The van der Waals surface area contributed by atoms with Crippen molar-refractivity contribution in [3.05, 3.63) is 41.4 Å². The van der Waals surface area contributed by atoms with Crippen molar-refractivity contribution < 1.29 is 4.74 Å². The van der Waals surface area contributed by atoms with E-state index in [1.54, 1.807) is 7.11 Å². The molecule has 1 aliphatic carbocycles. The van der Waals surface area contributed by atoms with Gasteiger partial charge in [-0.05, 0) is 48.7 Å². The van der Waals surface area contributed by atoms with E-state index in [4.69, 9.17) is 21.3 Å². The standard InChI is InChI=1S/C23H27ClN2O/c1-27-18-10-12-21-20(15-18)23(19-11-9-17(24)14-22(19)26-21)25-13-5-3-2-4-6-16-7-8-16/h9-12,14-16H,2-8,13H2,1H3,(H,25,26). The molecule has 4 heteroatoms. The van der Waals surface area contributed by atoms with Gasteiger partial charge in [-0.1, -0.05) is 50.1 Å². The molecule has 2 aromatic carbocycles. The maximum Gasteiger partial charge on any atom is 0.119 e. The van der Waals surface area contributed by atoms with Gasteiger partial charge in [-0.25, -0.2) is 4.98 Å². The normalized spacial score (nSPS) is 14.0. The monoisotopic (exact) mass is 382 g/mol. The molecule has 0 amide bonds. The largest absolute Gasteiger partial charge is 0.497 e. The van der Waals surface area contributed by atoms with Gasteiger partial charge in [0.05, 0.1) is 23.8 Å². The Morgan fingerprint density at radius 2 is 1.85 bits per heavy atom. The number of fused-ring (bicyclic) bond motifs is 2. The van der Waals surface area contributed by atoms with Gasteiger partial charge in [-0.2, -0.15) is 0 Å². The number of ether oxygens (including phenoxy) is 1. The summed E-state index contributed by atoms with van der Waals surface area (Å²) in [6, 6.07) is 12.0. The first-order valence-electron chi connectivity index (χ1n) is 10.1. The lowest BCUT2D eigenvalue weighted by atomic mass is 10.1. The van der Waals surface area contributed by atoms with Gasteiger partial charge in [0.1, 0.15) is 5.75 Å². The predicted molar refractivity (Wildman–Crippen MR) is 115 cm³/mol. The molecule has 0 saturated heterocycles. The van der Waals surface area contributed by atoms with Crippen LogP contribution in [0.2, 0.25) is 5.02 Å². The molecule has 1 fully saturated rings. The highest BCUT2D eigenvalue weighted by atomic mass is 35.5. The number of nitrogens with one attached hydrogen (secondary N) is 1. The van der Waals surface area contributed by atoms with Crippen LogP contribution >= 0.6 is 11.6 Å². The highest BCUT2D eigenvalue weighted by Gasteiger charge is 2.19. The summed E-state index contributed by atoms with van der Waals surface area (Å²) in [5.41, 5.74) is 3.01. The number of halogens is 1. The van der Waals surface area contributed by atoms with Crippen molar-refractivity contribution in [3.63, 3.8) is 0 Å². The van der Waals surface area contributed by atoms with Crippen LogP contribution in [0.1, 0.15) is 44.9 Å². The Hall–Kier alpha value is -2.00. The Labute approximate surface area is 166 Å². The Balaban J connectivity index is 1.52. The summed E-state index contributed by atoms with van der Waals surface area (Å²) in [6.45, 7) is 0.970. The van der Waals surface area contributed by atoms with E-state index in [9.17, 15) is 0 Å². The molecule has 0 atom stereocenters. The molecule has 0 spiro atoms. The van der Waals surface area contributed by atoms with Crippen molar-refractivity contribution >= 4 is 39.1 Å². The van der Waals surface area contributed by atoms with Crippen LogP contribution in [0, 0.1) is 5.92 Å². The third-order valence-corrected chi connectivity index (χ3v) is 5.72. The van der Waals surface area contributed by atoms with Gasteiger partial charge in [-0.3, -0.25) is 0 Å². The van der Waals surface area contributed by atoms with Crippen LogP contribution in [0.5, 0.6) is 5.75 Å². The molecule has 0 bridgehead atoms.